The summed E-state index contributed by atoms with van der Waals surface area (Å²) in [4.78, 5) is 0. The Kier molecular flexibility index (Phi) is 5.09. The summed E-state index contributed by atoms with van der Waals surface area (Å²) in [5, 5.41) is 7.06. The first-order valence-corrected chi connectivity index (χ1v) is 11.0. The summed E-state index contributed by atoms with van der Waals surface area (Å²) in [6, 6.07) is 34.8. The monoisotopic (exact) mass is 404 g/mol. The summed E-state index contributed by atoms with van der Waals surface area (Å²) in [6.45, 7) is 6.23. The van der Waals surface area contributed by atoms with Crippen LogP contribution in [0.3, 0.4) is 0 Å². The molecule has 0 bridgehead atoms. The molecule has 0 saturated heterocycles. The Balaban J connectivity index is 1.39. The molecule has 154 valence electrons. The molecule has 0 aromatic heterocycles. The molecule has 0 heterocycles. The van der Waals surface area contributed by atoms with Crippen molar-refractivity contribution in [2.45, 2.75) is 25.8 Å². The van der Waals surface area contributed by atoms with Crippen molar-refractivity contribution in [1.82, 2.24) is 5.32 Å². The van der Waals surface area contributed by atoms with E-state index in [1.807, 2.05) is 0 Å². The minimum atomic E-state index is 0.0154. The van der Waals surface area contributed by atoms with Gasteiger partial charge >= 0.3 is 0 Å². The van der Waals surface area contributed by atoms with Crippen LogP contribution < -0.4 is 10.6 Å². The molecule has 2 heteroatoms. The molecule has 4 aromatic rings. The normalized spacial score (nSPS) is 13.5. The molecule has 1 aliphatic carbocycles. The number of para-hydroxylation sites is 1. The van der Waals surface area contributed by atoms with Crippen molar-refractivity contribution in [3.8, 4) is 22.3 Å². The van der Waals surface area contributed by atoms with Gasteiger partial charge in [0.15, 0.2) is 0 Å². The van der Waals surface area contributed by atoms with Gasteiger partial charge in [-0.2, -0.15) is 0 Å². The average molecular weight is 405 g/mol. The number of hydrogen-bond donors (Lipinski definition) is 2. The van der Waals surface area contributed by atoms with E-state index < -0.39 is 0 Å². The van der Waals surface area contributed by atoms with E-state index >= 15 is 0 Å². The van der Waals surface area contributed by atoms with Crippen LogP contribution in [0.5, 0.6) is 0 Å². The van der Waals surface area contributed by atoms with Gasteiger partial charge in [-0.3, -0.25) is 5.32 Å². The molecule has 31 heavy (non-hydrogen) atoms. The Morgan fingerprint density at radius 3 is 2.16 bits per heavy atom. The molecule has 1 aliphatic rings. The maximum atomic E-state index is 3.58. The quantitative estimate of drug-likeness (QED) is 0.272. The van der Waals surface area contributed by atoms with Crippen LogP contribution in [0.2, 0.25) is 0 Å². The number of anilines is 1. The lowest BCUT2D eigenvalue weighted by Crippen LogP contribution is -2.21. The maximum Gasteiger partial charge on any atom is 0.0655 e. The van der Waals surface area contributed by atoms with E-state index in [4.69, 9.17) is 0 Å². The Morgan fingerprint density at radius 2 is 1.32 bits per heavy atom. The zero-order valence-electron chi connectivity index (χ0n) is 18.2. The molecule has 5 rings (SSSR count). The van der Waals surface area contributed by atoms with Crippen molar-refractivity contribution in [3.05, 3.63) is 114 Å². The van der Waals surface area contributed by atoms with Crippen LogP contribution >= 0.6 is 0 Å². The topological polar surface area (TPSA) is 24.1 Å². The van der Waals surface area contributed by atoms with Gasteiger partial charge in [0.1, 0.15) is 0 Å². The maximum absolute atomic E-state index is 3.58. The summed E-state index contributed by atoms with van der Waals surface area (Å²) in [5.41, 5.74) is 10.5. The highest BCUT2D eigenvalue weighted by Crippen LogP contribution is 2.49. The molecule has 0 aliphatic heterocycles. The average Bonchev–Trinajstić information content (AvgIpc) is 3.04. The smallest absolute Gasteiger partial charge is 0.0655 e. The molecule has 2 N–H and O–H groups in total. The van der Waals surface area contributed by atoms with E-state index in [1.165, 1.54) is 38.9 Å². The van der Waals surface area contributed by atoms with Gasteiger partial charge in [-0.05, 0) is 45.5 Å². The number of hydrogen-bond acceptors (Lipinski definition) is 2. The van der Waals surface area contributed by atoms with Crippen LogP contribution in [-0.2, 0) is 12.0 Å². The highest BCUT2D eigenvalue weighted by molar-refractivity contribution is 5.86. The van der Waals surface area contributed by atoms with Gasteiger partial charge in [0.05, 0.1) is 6.67 Å². The Morgan fingerprint density at radius 1 is 0.645 bits per heavy atom. The van der Waals surface area contributed by atoms with Gasteiger partial charge in [-0.1, -0.05) is 98.8 Å². The SMILES string of the molecule is CC1(C)c2ccccc2-c2ccc(-c3ccccc3NCNCc3ccccc3)cc21. The number of rotatable bonds is 6. The van der Waals surface area contributed by atoms with Crippen molar-refractivity contribution in [1.29, 1.82) is 0 Å². The fourth-order valence-electron chi connectivity index (χ4n) is 4.72. The van der Waals surface area contributed by atoms with Crippen LogP contribution in [0.15, 0.2) is 97.1 Å². The summed E-state index contributed by atoms with van der Waals surface area (Å²) >= 11 is 0. The zero-order chi connectivity index (χ0) is 21.3. The molecule has 0 radical (unpaired) electrons. The van der Waals surface area contributed by atoms with Gasteiger partial charge < -0.3 is 5.32 Å². The first kappa shape index (κ1) is 19.6. The first-order valence-electron chi connectivity index (χ1n) is 11.0. The lowest BCUT2D eigenvalue weighted by atomic mass is 9.81. The summed E-state index contributed by atoms with van der Waals surface area (Å²) < 4.78 is 0. The van der Waals surface area contributed by atoms with E-state index in [9.17, 15) is 0 Å². The van der Waals surface area contributed by atoms with E-state index in [-0.39, 0.29) is 5.41 Å². The van der Waals surface area contributed by atoms with Crippen LogP contribution in [0.25, 0.3) is 22.3 Å². The van der Waals surface area contributed by atoms with Gasteiger partial charge in [-0.25, -0.2) is 0 Å². The molecular formula is C29H28N2. The summed E-state index contributed by atoms with van der Waals surface area (Å²) in [7, 11) is 0. The molecule has 0 amide bonds. The van der Waals surface area contributed by atoms with Crippen LogP contribution in [0, 0.1) is 0 Å². The lowest BCUT2D eigenvalue weighted by Gasteiger charge is -2.22. The largest absolute Gasteiger partial charge is 0.372 e. The Hall–Kier alpha value is -3.36. The van der Waals surface area contributed by atoms with Crippen molar-refractivity contribution in [2.75, 3.05) is 12.0 Å². The van der Waals surface area contributed by atoms with E-state index in [1.54, 1.807) is 0 Å². The minimum Gasteiger partial charge on any atom is -0.372 e. The summed E-state index contributed by atoms with van der Waals surface area (Å²) in [6.07, 6.45) is 0. The zero-order valence-corrected chi connectivity index (χ0v) is 18.2. The lowest BCUT2D eigenvalue weighted by molar-refractivity contribution is 0.660. The van der Waals surface area contributed by atoms with Gasteiger partial charge in [0.2, 0.25) is 0 Å². The molecule has 2 nitrogen and oxygen atoms in total. The third-order valence-electron chi connectivity index (χ3n) is 6.40. The van der Waals surface area contributed by atoms with E-state index in [0.29, 0.717) is 6.67 Å². The molecule has 0 atom stereocenters. The highest BCUT2D eigenvalue weighted by atomic mass is 15.1. The molecule has 0 unspecified atom stereocenters. The van der Waals surface area contributed by atoms with Crippen molar-refractivity contribution < 1.29 is 0 Å². The Bertz CT molecular complexity index is 1210. The Labute approximate surface area is 185 Å². The fraction of sp³-hybridized carbons (Fsp3) is 0.172. The molecule has 0 fully saturated rings. The first-order chi connectivity index (χ1) is 15.1. The molecular weight excluding hydrogens is 376 g/mol. The fourth-order valence-corrected chi connectivity index (χ4v) is 4.72. The molecule has 0 saturated carbocycles. The number of benzene rings is 4. The predicted molar refractivity (Wildman–Crippen MR) is 131 cm³/mol. The molecule has 4 aromatic carbocycles. The predicted octanol–water partition coefficient (Wildman–Crippen LogP) is 6.82. The molecule has 0 spiro atoms. The van der Waals surface area contributed by atoms with Crippen LogP contribution in [0.1, 0.15) is 30.5 Å². The number of fused-ring (bicyclic) bond motifs is 3. The van der Waals surface area contributed by atoms with Gasteiger partial charge in [0, 0.05) is 23.2 Å². The minimum absolute atomic E-state index is 0.0154. The van der Waals surface area contributed by atoms with Crippen molar-refractivity contribution >= 4 is 5.69 Å². The highest BCUT2D eigenvalue weighted by Gasteiger charge is 2.35. The second-order valence-corrected chi connectivity index (χ2v) is 8.74. The van der Waals surface area contributed by atoms with Gasteiger partial charge in [0.25, 0.3) is 0 Å². The van der Waals surface area contributed by atoms with E-state index in [2.05, 4.69) is 122 Å². The second kappa shape index (κ2) is 8.05. The van der Waals surface area contributed by atoms with Gasteiger partial charge in [-0.15, -0.1) is 0 Å². The van der Waals surface area contributed by atoms with Crippen LogP contribution in [-0.4, -0.2) is 6.67 Å². The standard InChI is InChI=1S/C29H28N2/c1-29(2)26-14-8-6-13-24(26)25-17-16-22(18-27(25)29)23-12-7-9-15-28(23)31-20-30-19-21-10-4-3-5-11-21/h3-18,30-31H,19-20H2,1-2H3. The van der Waals surface area contributed by atoms with Crippen molar-refractivity contribution in [2.24, 2.45) is 0 Å². The third kappa shape index (κ3) is 3.64. The summed E-state index contributed by atoms with van der Waals surface area (Å²) in [5.74, 6) is 0. The van der Waals surface area contributed by atoms with Crippen molar-refractivity contribution in [3.63, 3.8) is 0 Å². The number of nitrogens with one attached hydrogen (secondary N) is 2. The third-order valence-corrected chi connectivity index (χ3v) is 6.40. The van der Waals surface area contributed by atoms with E-state index in [0.717, 1.165) is 12.2 Å². The second-order valence-electron chi connectivity index (χ2n) is 8.74. The van der Waals surface area contributed by atoms with Crippen LogP contribution in [0.4, 0.5) is 5.69 Å².